The van der Waals surface area contributed by atoms with Crippen LogP contribution in [0, 0.1) is 6.92 Å². The van der Waals surface area contributed by atoms with Crippen LogP contribution in [0.2, 0.25) is 5.15 Å². The molecule has 2 rings (SSSR count). The van der Waals surface area contributed by atoms with Crippen molar-refractivity contribution in [1.29, 1.82) is 0 Å². The zero-order chi connectivity index (χ0) is 15.2. The molecule has 0 atom stereocenters. The van der Waals surface area contributed by atoms with Gasteiger partial charge in [-0.15, -0.1) is 0 Å². The van der Waals surface area contributed by atoms with Crippen LogP contribution in [-0.4, -0.2) is 24.5 Å². The zero-order valence-corrected chi connectivity index (χ0v) is 12.9. The Morgan fingerprint density at radius 2 is 2.00 bits per heavy atom. The number of aryl methyl sites for hydroxylation is 1. The summed E-state index contributed by atoms with van der Waals surface area (Å²) in [6, 6.07) is 11.0. The number of pyridine rings is 1. The average molecular weight is 304 g/mol. The van der Waals surface area contributed by atoms with E-state index in [0.29, 0.717) is 22.1 Å². The van der Waals surface area contributed by atoms with Gasteiger partial charge in [0, 0.05) is 5.56 Å². The third kappa shape index (κ3) is 4.03. The Kier molecular flexibility index (Phi) is 5.31. The number of anilines is 1. The fraction of sp³-hybridized carbons (Fsp3) is 0.250. The summed E-state index contributed by atoms with van der Waals surface area (Å²) in [4.78, 5) is 16.6. The molecule has 2 N–H and O–H groups in total. The predicted octanol–water partition coefficient (Wildman–Crippen LogP) is 3.06. The van der Waals surface area contributed by atoms with Crippen LogP contribution < -0.4 is 10.6 Å². The van der Waals surface area contributed by atoms with Gasteiger partial charge in [0.15, 0.2) is 0 Å². The normalized spacial score (nSPS) is 10.4. The number of halogens is 1. The van der Waals surface area contributed by atoms with Gasteiger partial charge in [0.1, 0.15) is 5.15 Å². The van der Waals surface area contributed by atoms with E-state index in [-0.39, 0.29) is 5.91 Å². The maximum Gasteiger partial charge on any atom is 0.255 e. The number of carbonyl (C=O) groups excluding carboxylic acids is 1. The zero-order valence-electron chi connectivity index (χ0n) is 12.1. The van der Waals surface area contributed by atoms with Gasteiger partial charge in [0.2, 0.25) is 0 Å². The number of aromatic nitrogens is 1. The Balaban J connectivity index is 2.20. The third-order valence-electron chi connectivity index (χ3n) is 3.21. The van der Waals surface area contributed by atoms with Crippen molar-refractivity contribution in [2.45, 2.75) is 13.3 Å². The molecule has 0 aliphatic rings. The van der Waals surface area contributed by atoms with Gasteiger partial charge in [0.05, 0.1) is 11.4 Å². The molecule has 0 radical (unpaired) electrons. The summed E-state index contributed by atoms with van der Waals surface area (Å²) in [5, 5.41) is 6.40. The summed E-state index contributed by atoms with van der Waals surface area (Å²) in [5.74, 6) is -0.131. The summed E-state index contributed by atoms with van der Waals surface area (Å²) >= 11 is 5.82. The lowest BCUT2D eigenvalue weighted by Gasteiger charge is -2.11. The fourth-order valence-electron chi connectivity index (χ4n) is 2.07. The first-order valence-electron chi connectivity index (χ1n) is 6.79. The molecule has 1 aromatic carbocycles. The van der Waals surface area contributed by atoms with Gasteiger partial charge in [-0.25, -0.2) is 4.98 Å². The number of nitrogens with zero attached hydrogens (tertiary/aromatic N) is 1. The maximum absolute atomic E-state index is 12.4. The molecule has 0 saturated heterocycles. The summed E-state index contributed by atoms with van der Waals surface area (Å²) < 4.78 is 0. The minimum absolute atomic E-state index is 0.131. The molecule has 0 bridgehead atoms. The van der Waals surface area contributed by atoms with Gasteiger partial charge in [-0.3, -0.25) is 4.79 Å². The molecule has 1 heterocycles. The minimum Gasteiger partial charge on any atom is -0.320 e. The van der Waals surface area contributed by atoms with E-state index >= 15 is 0 Å². The number of hydrogen-bond donors (Lipinski definition) is 2. The van der Waals surface area contributed by atoms with E-state index in [0.717, 1.165) is 18.5 Å². The number of nitrogens with one attached hydrogen (secondary N) is 2. The number of benzene rings is 1. The smallest absolute Gasteiger partial charge is 0.255 e. The van der Waals surface area contributed by atoms with Crippen LogP contribution >= 0.6 is 11.6 Å². The Morgan fingerprint density at radius 1 is 1.24 bits per heavy atom. The molecule has 0 aliphatic heterocycles. The van der Waals surface area contributed by atoms with Crippen molar-refractivity contribution in [3.05, 3.63) is 58.4 Å². The molecule has 1 aromatic heterocycles. The first-order chi connectivity index (χ1) is 10.1. The van der Waals surface area contributed by atoms with Gasteiger partial charge in [-0.1, -0.05) is 29.8 Å². The molecule has 0 saturated carbocycles. The van der Waals surface area contributed by atoms with Gasteiger partial charge in [-0.2, -0.15) is 0 Å². The van der Waals surface area contributed by atoms with Crippen molar-refractivity contribution >= 4 is 23.2 Å². The molecular formula is C16H18ClN3O. The van der Waals surface area contributed by atoms with Crippen LogP contribution in [0.25, 0.3) is 0 Å². The second-order valence-electron chi connectivity index (χ2n) is 4.73. The van der Waals surface area contributed by atoms with Gasteiger partial charge >= 0.3 is 0 Å². The topological polar surface area (TPSA) is 54.0 Å². The maximum atomic E-state index is 12.4. The standard InChI is InChI=1S/C16H18ClN3O/c1-11-14(7-8-15(17)19-11)20-16(21)13-6-4-3-5-12(13)9-10-18-2/h3-8,18H,9-10H2,1-2H3,(H,20,21). The van der Waals surface area contributed by atoms with Crippen molar-refractivity contribution in [1.82, 2.24) is 10.3 Å². The van der Waals surface area contributed by atoms with E-state index < -0.39 is 0 Å². The molecule has 0 aliphatic carbocycles. The number of carbonyl (C=O) groups is 1. The second-order valence-corrected chi connectivity index (χ2v) is 5.12. The lowest BCUT2D eigenvalue weighted by molar-refractivity contribution is 0.102. The molecule has 0 spiro atoms. The lowest BCUT2D eigenvalue weighted by atomic mass is 10.0. The predicted molar refractivity (Wildman–Crippen MR) is 86.0 cm³/mol. The third-order valence-corrected chi connectivity index (χ3v) is 3.42. The van der Waals surface area contributed by atoms with E-state index in [9.17, 15) is 4.79 Å². The van der Waals surface area contributed by atoms with Crippen LogP contribution in [0.4, 0.5) is 5.69 Å². The van der Waals surface area contributed by atoms with Crippen LogP contribution in [0.15, 0.2) is 36.4 Å². The minimum atomic E-state index is -0.131. The van der Waals surface area contributed by atoms with Crippen molar-refractivity contribution in [3.8, 4) is 0 Å². The van der Waals surface area contributed by atoms with Crippen molar-refractivity contribution in [3.63, 3.8) is 0 Å². The Hall–Kier alpha value is -1.91. The summed E-state index contributed by atoms with van der Waals surface area (Å²) in [7, 11) is 1.89. The molecule has 0 fully saturated rings. The SMILES string of the molecule is CNCCc1ccccc1C(=O)Nc1ccc(Cl)nc1C. The Bertz CT molecular complexity index is 643. The Morgan fingerprint density at radius 3 is 2.71 bits per heavy atom. The lowest BCUT2D eigenvalue weighted by Crippen LogP contribution is -2.17. The molecule has 4 nitrogen and oxygen atoms in total. The van der Waals surface area contributed by atoms with Gasteiger partial charge in [-0.05, 0) is 50.7 Å². The number of rotatable bonds is 5. The van der Waals surface area contributed by atoms with Gasteiger partial charge in [0.25, 0.3) is 5.91 Å². The molecule has 5 heteroatoms. The second kappa shape index (κ2) is 7.20. The fourth-order valence-corrected chi connectivity index (χ4v) is 2.26. The average Bonchev–Trinajstić information content (AvgIpc) is 2.48. The molecule has 1 amide bonds. The highest BCUT2D eigenvalue weighted by atomic mass is 35.5. The van der Waals surface area contributed by atoms with E-state index in [1.54, 1.807) is 12.1 Å². The van der Waals surface area contributed by atoms with Crippen molar-refractivity contribution < 1.29 is 4.79 Å². The van der Waals surface area contributed by atoms with Crippen molar-refractivity contribution in [2.75, 3.05) is 18.9 Å². The van der Waals surface area contributed by atoms with E-state index in [4.69, 9.17) is 11.6 Å². The van der Waals surface area contributed by atoms with Crippen LogP contribution in [-0.2, 0) is 6.42 Å². The largest absolute Gasteiger partial charge is 0.320 e. The number of amides is 1. The summed E-state index contributed by atoms with van der Waals surface area (Å²) in [5.41, 5.74) is 3.07. The summed E-state index contributed by atoms with van der Waals surface area (Å²) in [6.07, 6.45) is 0.804. The Labute approximate surface area is 129 Å². The van der Waals surface area contributed by atoms with Crippen LogP contribution in [0.3, 0.4) is 0 Å². The first kappa shape index (κ1) is 15.5. The van der Waals surface area contributed by atoms with E-state index in [1.807, 2.05) is 38.2 Å². The van der Waals surface area contributed by atoms with E-state index in [2.05, 4.69) is 15.6 Å². The highest BCUT2D eigenvalue weighted by Crippen LogP contribution is 2.18. The van der Waals surface area contributed by atoms with Crippen LogP contribution in [0.5, 0.6) is 0 Å². The molecular weight excluding hydrogens is 286 g/mol. The number of hydrogen-bond acceptors (Lipinski definition) is 3. The highest BCUT2D eigenvalue weighted by molar-refractivity contribution is 6.29. The quantitative estimate of drug-likeness (QED) is 0.835. The highest BCUT2D eigenvalue weighted by Gasteiger charge is 2.12. The van der Waals surface area contributed by atoms with E-state index in [1.165, 1.54) is 0 Å². The molecule has 2 aromatic rings. The van der Waals surface area contributed by atoms with Gasteiger partial charge < -0.3 is 10.6 Å². The molecule has 0 unspecified atom stereocenters. The van der Waals surface area contributed by atoms with Crippen molar-refractivity contribution in [2.24, 2.45) is 0 Å². The van der Waals surface area contributed by atoms with Crippen LogP contribution in [0.1, 0.15) is 21.6 Å². The number of likely N-dealkylation sites (N-methyl/N-ethyl adjacent to an activating group) is 1. The summed E-state index contributed by atoms with van der Waals surface area (Å²) in [6.45, 7) is 2.64. The molecule has 110 valence electrons. The monoisotopic (exact) mass is 303 g/mol. The first-order valence-corrected chi connectivity index (χ1v) is 7.16. The molecule has 21 heavy (non-hydrogen) atoms.